The number of halogens is 2. The molecule has 3 N–H and O–H groups in total. The van der Waals surface area contributed by atoms with E-state index >= 15 is 0 Å². The summed E-state index contributed by atoms with van der Waals surface area (Å²) in [5.41, 5.74) is 2.16. The number of nitrogens with one attached hydrogen (secondary N) is 2. The van der Waals surface area contributed by atoms with Crippen molar-refractivity contribution < 1.29 is 14.6 Å². The summed E-state index contributed by atoms with van der Waals surface area (Å²) in [6, 6.07) is 14.0. The average Bonchev–Trinajstić information content (AvgIpc) is 3.25. The standard InChI is InChI=1S/C23H31ClN4O3.HI/c1-3-25-23(26-15-17-7-8-21(31-12-11-29)22(13-17)30-2)27-19-9-10-28(16-19)20-6-4-5-18(24)14-20;/h4-8,13-14,19,29H,3,9-12,15-16H2,1-2H3,(H2,25,26,27);1H. The number of aliphatic hydroxyl groups is 1. The molecule has 0 radical (unpaired) electrons. The van der Waals surface area contributed by atoms with Crippen LogP contribution in [0, 0.1) is 0 Å². The van der Waals surface area contributed by atoms with Gasteiger partial charge in [-0.1, -0.05) is 23.7 Å². The molecule has 0 aromatic heterocycles. The Balaban J connectivity index is 0.00000363. The molecule has 32 heavy (non-hydrogen) atoms. The molecule has 0 spiro atoms. The van der Waals surface area contributed by atoms with E-state index < -0.39 is 0 Å². The zero-order valence-electron chi connectivity index (χ0n) is 18.5. The fourth-order valence-corrected chi connectivity index (χ4v) is 3.74. The third-order valence-corrected chi connectivity index (χ3v) is 5.28. The molecular formula is C23H32ClIN4O3. The molecule has 2 aromatic carbocycles. The van der Waals surface area contributed by atoms with Crippen LogP contribution in [0.5, 0.6) is 11.5 Å². The summed E-state index contributed by atoms with van der Waals surface area (Å²) in [5.74, 6) is 2.04. The number of nitrogens with zero attached hydrogens (tertiary/aromatic N) is 2. The topological polar surface area (TPSA) is 78.4 Å². The molecule has 7 nitrogen and oxygen atoms in total. The smallest absolute Gasteiger partial charge is 0.191 e. The van der Waals surface area contributed by atoms with Crippen molar-refractivity contribution in [2.45, 2.75) is 25.9 Å². The number of methoxy groups -OCH3 is 1. The van der Waals surface area contributed by atoms with Crippen molar-refractivity contribution in [2.75, 3.05) is 44.9 Å². The average molecular weight is 575 g/mol. The molecule has 1 saturated heterocycles. The van der Waals surface area contributed by atoms with E-state index in [2.05, 4.69) is 28.5 Å². The summed E-state index contributed by atoms with van der Waals surface area (Å²) in [7, 11) is 1.60. The van der Waals surface area contributed by atoms with E-state index in [1.165, 1.54) is 0 Å². The Bertz CT molecular complexity index is 884. The Labute approximate surface area is 212 Å². The molecule has 0 bridgehead atoms. The highest BCUT2D eigenvalue weighted by Gasteiger charge is 2.23. The summed E-state index contributed by atoms with van der Waals surface area (Å²) in [6.07, 6.45) is 1.03. The maximum atomic E-state index is 8.95. The monoisotopic (exact) mass is 574 g/mol. The van der Waals surface area contributed by atoms with Crippen LogP contribution in [0.2, 0.25) is 5.02 Å². The van der Waals surface area contributed by atoms with Gasteiger partial charge in [-0.25, -0.2) is 4.99 Å². The molecule has 1 atom stereocenters. The van der Waals surface area contributed by atoms with Crippen molar-refractivity contribution in [3.05, 3.63) is 53.1 Å². The van der Waals surface area contributed by atoms with Gasteiger partial charge in [0.15, 0.2) is 17.5 Å². The predicted octanol–water partition coefficient (Wildman–Crippen LogP) is 3.67. The minimum absolute atomic E-state index is 0. The highest BCUT2D eigenvalue weighted by Crippen LogP contribution is 2.28. The van der Waals surface area contributed by atoms with Gasteiger partial charge in [0.1, 0.15) is 6.61 Å². The minimum atomic E-state index is -0.0389. The van der Waals surface area contributed by atoms with E-state index in [9.17, 15) is 0 Å². The lowest BCUT2D eigenvalue weighted by molar-refractivity contribution is 0.196. The van der Waals surface area contributed by atoms with Gasteiger partial charge in [0.2, 0.25) is 0 Å². The van der Waals surface area contributed by atoms with Gasteiger partial charge in [0, 0.05) is 36.4 Å². The van der Waals surface area contributed by atoms with Gasteiger partial charge < -0.3 is 30.1 Å². The highest BCUT2D eigenvalue weighted by atomic mass is 127. The first-order chi connectivity index (χ1) is 15.1. The van der Waals surface area contributed by atoms with E-state index in [0.717, 1.165) is 48.3 Å². The fourth-order valence-electron chi connectivity index (χ4n) is 3.55. The summed E-state index contributed by atoms with van der Waals surface area (Å²) >= 11 is 6.14. The van der Waals surface area contributed by atoms with Gasteiger partial charge in [-0.2, -0.15) is 0 Å². The van der Waals surface area contributed by atoms with Crippen LogP contribution >= 0.6 is 35.6 Å². The zero-order valence-corrected chi connectivity index (χ0v) is 21.6. The quantitative estimate of drug-likeness (QED) is 0.241. The minimum Gasteiger partial charge on any atom is -0.493 e. The van der Waals surface area contributed by atoms with Crippen LogP contribution in [-0.2, 0) is 6.54 Å². The number of anilines is 1. The first-order valence-electron chi connectivity index (χ1n) is 10.6. The number of rotatable bonds is 9. The molecule has 1 fully saturated rings. The van der Waals surface area contributed by atoms with E-state index in [0.29, 0.717) is 24.1 Å². The molecule has 1 unspecified atom stereocenters. The first-order valence-corrected chi connectivity index (χ1v) is 11.0. The third kappa shape index (κ3) is 7.60. The van der Waals surface area contributed by atoms with Gasteiger partial charge in [0.05, 0.1) is 20.3 Å². The van der Waals surface area contributed by atoms with E-state index in [-0.39, 0.29) is 37.2 Å². The Kier molecular flexibility index (Phi) is 11.2. The fraction of sp³-hybridized carbons (Fsp3) is 0.435. The Morgan fingerprint density at radius 3 is 2.81 bits per heavy atom. The second-order valence-corrected chi connectivity index (χ2v) is 7.74. The highest BCUT2D eigenvalue weighted by molar-refractivity contribution is 14.0. The van der Waals surface area contributed by atoms with Crippen LogP contribution in [0.25, 0.3) is 0 Å². The largest absolute Gasteiger partial charge is 0.493 e. The van der Waals surface area contributed by atoms with Crippen molar-refractivity contribution >= 4 is 47.2 Å². The molecule has 176 valence electrons. The number of guanidine groups is 1. The molecule has 9 heteroatoms. The van der Waals surface area contributed by atoms with Gasteiger partial charge in [-0.15, -0.1) is 24.0 Å². The normalized spacial score (nSPS) is 15.8. The number of aliphatic hydroxyl groups excluding tert-OH is 1. The van der Waals surface area contributed by atoms with Crippen molar-refractivity contribution in [2.24, 2.45) is 4.99 Å². The second-order valence-electron chi connectivity index (χ2n) is 7.31. The van der Waals surface area contributed by atoms with Crippen LogP contribution in [0.1, 0.15) is 18.9 Å². The van der Waals surface area contributed by atoms with Crippen LogP contribution in [0.4, 0.5) is 5.69 Å². The van der Waals surface area contributed by atoms with Crippen molar-refractivity contribution in [3.8, 4) is 11.5 Å². The van der Waals surface area contributed by atoms with E-state index in [4.69, 9.17) is 31.2 Å². The van der Waals surface area contributed by atoms with Gasteiger partial charge >= 0.3 is 0 Å². The number of benzene rings is 2. The van der Waals surface area contributed by atoms with Gasteiger partial charge in [-0.3, -0.25) is 0 Å². The third-order valence-electron chi connectivity index (χ3n) is 5.04. The molecule has 2 aromatic rings. The van der Waals surface area contributed by atoms with Crippen LogP contribution in [0.3, 0.4) is 0 Å². The SMILES string of the molecule is CCNC(=NCc1ccc(OCCO)c(OC)c1)NC1CCN(c2cccc(Cl)c2)C1.I. The molecule has 1 aliphatic rings. The number of hydrogen-bond donors (Lipinski definition) is 3. The maximum Gasteiger partial charge on any atom is 0.191 e. The lowest BCUT2D eigenvalue weighted by atomic mass is 10.2. The Morgan fingerprint density at radius 2 is 2.09 bits per heavy atom. The van der Waals surface area contributed by atoms with Crippen LogP contribution < -0.4 is 25.0 Å². The van der Waals surface area contributed by atoms with Gasteiger partial charge in [0.25, 0.3) is 0 Å². The molecule has 1 aliphatic heterocycles. The summed E-state index contributed by atoms with van der Waals surface area (Å²) in [4.78, 5) is 7.08. The molecule has 1 heterocycles. The first kappa shape index (κ1) is 26.3. The summed E-state index contributed by atoms with van der Waals surface area (Å²) in [5, 5.41) is 16.6. The maximum absolute atomic E-state index is 8.95. The van der Waals surface area contributed by atoms with Crippen LogP contribution in [-0.4, -0.2) is 57.1 Å². The predicted molar refractivity (Wildman–Crippen MR) is 141 cm³/mol. The van der Waals surface area contributed by atoms with E-state index in [1.54, 1.807) is 7.11 Å². The molecule has 3 rings (SSSR count). The molecule has 0 saturated carbocycles. The van der Waals surface area contributed by atoms with Crippen LogP contribution in [0.15, 0.2) is 47.5 Å². The lowest BCUT2D eigenvalue weighted by Crippen LogP contribution is -2.44. The summed E-state index contributed by atoms with van der Waals surface area (Å²) in [6.45, 7) is 5.42. The number of aliphatic imine (C=N–C) groups is 1. The van der Waals surface area contributed by atoms with Crippen molar-refractivity contribution in [3.63, 3.8) is 0 Å². The zero-order chi connectivity index (χ0) is 22.1. The van der Waals surface area contributed by atoms with E-state index in [1.807, 2.05) is 36.4 Å². The number of ether oxygens (including phenoxy) is 2. The Morgan fingerprint density at radius 1 is 1.25 bits per heavy atom. The second kappa shape index (κ2) is 13.6. The molecule has 0 amide bonds. The van der Waals surface area contributed by atoms with Gasteiger partial charge in [-0.05, 0) is 49.2 Å². The Hall–Kier alpha value is -1.91. The molecular weight excluding hydrogens is 543 g/mol. The van der Waals surface area contributed by atoms with Crippen molar-refractivity contribution in [1.82, 2.24) is 10.6 Å². The molecule has 0 aliphatic carbocycles. The number of hydrogen-bond acceptors (Lipinski definition) is 5. The lowest BCUT2D eigenvalue weighted by Gasteiger charge is -2.20. The van der Waals surface area contributed by atoms with Crippen molar-refractivity contribution in [1.29, 1.82) is 0 Å². The summed E-state index contributed by atoms with van der Waals surface area (Å²) < 4.78 is 10.9.